The highest BCUT2D eigenvalue weighted by Gasteiger charge is 2.07. The van der Waals surface area contributed by atoms with Crippen molar-refractivity contribution in [1.29, 1.82) is 0 Å². The number of rotatable bonds is 3. The number of carbonyl (C=O) groups is 1. The first kappa shape index (κ1) is 11.9. The van der Waals surface area contributed by atoms with Gasteiger partial charge in [-0.2, -0.15) is 0 Å². The Bertz CT molecular complexity index is 90.9. The van der Waals surface area contributed by atoms with Crippen molar-refractivity contribution in [3.05, 3.63) is 13.2 Å². The highest BCUT2D eigenvalue weighted by atomic mass is 16.5. The first-order chi connectivity index (χ1) is 4.68. The molecule has 1 unspecified atom stereocenters. The molecule has 1 atom stereocenters. The molecule has 0 heterocycles. The second kappa shape index (κ2) is 8.17. The van der Waals surface area contributed by atoms with E-state index in [1.807, 2.05) is 0 Å². The summed E-state index contributed by atoms with van der Waals surface area (Å²) in [4.78, 5) is 9.96. The van der Waals surface area contributed by atoms with E-state index in [2.05, 4.69) is 13.2 Å². The van der Waals surface area contributed by atoms with Gasteiger partial charge in [0.25, 0.3) is 0 Å². The molecule has 0 saturated heterocycles. The number of hydrogen-bond donors (Lipinski definition) is 1. The highest BCUT2D eigenvalue weighted by molar-refractivity contribution is 5.71. The molecule has 0 rings (SSSR count). The minimum atomic E-state index is -0.910. The quantitative estimate of drug-likeness (QED) is 0.610. The van der Waals surface area contributed by atoms with Crippen molar-refractivity contribution in [2.45, 2.75) is 20.0 Å². The van der Waals surface area contributed by atoms with Crippen LogP contribution in [0.5, 0.6) is 0 Å². The highest BCUT2D eigenvalue weighted by Crippen LogP contribution is 1.87. The van der Waals surface area contributed by atoms with Gasteiger partial charge in [0.1, 0.15) is 0 Å². The average Bonchev–Trinajstić information content (AvgIpc) is 1.93. The molecule has 0 aliphatic carbocycles. The first-order valence-corrected chi connectivity index (χ1v) is 3.03. The van der Waals surface area contributed by atoms with Gasteiger partial charge in [0.05, 0.1) is 0 Å². The fourth-order valence-corrected chi connectivity index (χ4v) is 0.321. The zero-order valence-corrected chi connectivity index (χ0v) is 6.46. The Hall–Kier alpha value is -0.830. The topological polar surface area (TPSA) is 46.5 Å². The Morgan fingerprint density at radius 2 is 2.10 bits per heavy atom. The molecule has 0 aromatic heterocycles. The molecule has 0 saturated carbocycles. The van der Waals surface area contributed by atoms with Gasteiger partial charge in [-0.1, -0.05) is 0 Å². The monoisotopic (exact) mass is 146 g/mol. The van der Waals surface area contributed by atoms with Crippen molar-refractivity contribution in [1.82, 2.24) is 0 Å². The van der Waals surface area contributed by atoms with Crippen molar-refractivity contribution in [3.8, 4) is 0 Å². The molecule has 0 aromatic carbocycles. The van der Waals surface area contributed by atoms with Crippen LogP contribution in [-0.2, 0) is 9.53 Å². The molecule has 0 amide bonds. The Morgan fingerprint density at radius 1 is 1.70 bits per heavy atom. The third-order valence-electron chi connectivity index (χ3n) is 0.764. The van der Waals surface area contributed by atoms with Crippen LogP contribution in [0.4, 0.5) is 0 Å². The van der Waals surface area contributed by atoms with E-state index in [1.165, 1.54) is 6.92 Å². The number of aliphatic carboxylic acids is 1. The van der Waals surface area contributed by atoms with Crippen molar-refractivity contribution in [2.75, 3.05) is 6.61 Å². The van der Waals surface area contributed by atoms with Crippen LogP contribution in [0, 0.1) is 0 Å². The molecular weight excluding hydrogens is 132 g/mol. The molecule has 3 nitrogen and oxygen atoms in total. The van der Waals surface area contributed by atoms with Crippen LogP contribution in [0.3, 0.4) is 0 Å². The molecule has 0 bridgehead atoms. The maximum atomic E-state index is 9.96. The van der Waals surface area contributed by atoms with Crippen LogP contribution < -0.4 is 0 Å². The minimum Gasteiger partial charge on any atom is -0.479 e. The summed E-state index contributed by atoms with van der Waals surface area (Å²) in [5, 5.41) is 8.19. The standard InChI is InChI=1S/C5H10O3.C2H4/c1-3-8-4(2)5(6)7;1-2/h4H,3H2,1-2H3,(H,6,7);1-2H2. The summed E-state index contributed by atoms with van der Waals surface area (Å²) < 4.78 is 4.70. The molecule has 10 heavy (non-hydrogen) atoms. The van der Waals surface area contributed by atoms with Crippen LogP contribution in [0.2, 0.25) is 0 Å². The van der Waals surface area contributed by atoms with E-state index in [-0.39, 0.29) is 0 Å². The molecule has 3 heteroatoms. The van der Waals surface area contributed by atoms with E-state index < -0.39 is 12.1 Å². The van der Waals surface area contributed by atoms with E-state index in [0.29, 0.717) is 6.61 Å². The van der Waals surface area contributed by atoms with Crippen LogP contribution >= 0.6 is 0 Å². The van der Waals surface area contributed by atoms with Crippen molar-refractivity contribution in [3.63, 3.8) is 0 Å². The summed E-state index contributed by atoms with van der Waals surface area (Å²) in [5.41, 5.74) is 0. The van der Waals surface area contributed by atoms with Gasteiger partial charge in [-0.25, -0.2) is 4.79 Å². The van der Waals surface area contributed by atoms with E-state index >= 15 is 0 Å². The van der Waals surface area contributed by atoms with Crippen molar-refractivity contribution >= 4 is 5.97 Å². The summed E-state index contributed by atoms with van der Waals surface area (Å²) in [5.74, 6) is -0.910. The van der Waals surface area contributed by atoms with Gasteiger partial charge < -0.3 is 9.84 Å². The lowest BCUT2D eigenvalue weighted by Crippen LogP contribution is -2.19. The average molecular weight is 146 g/mol. The normalized spacial score (nSPS) is 11.0. The lowest BCUT2D eigenvalue weighted by molar-refractivity contribution is -0.148. The predicted molar refractivity (Wildman–Crippen MR) is 40.0 cm³/mol. The minimum absolute atomic E-state index is 0.452. The van der Waals surface area contributed by atoms with Gasteiger partial charge >= 0.3 is 5.97 Å². The zero-order chi connectivity index (χ0) is 8.57. The second-order valence-electron chi connectivity index (χ2n) is 1.44. The summed E-state index contributed by atoms with van der Waals surface area (Å²) in [6.45, 7) is 9.72. The van der Waals surface area contributed by atoms with E-state index in [4.69, 9.17) is 9.84 Å². The Kier molecular flexibility index (Phi) is 9.73. The predicted octanol–water partition coefficient (Wildman–Crippen LogP) is 1.30. The Labute approximate surface area is 61.3 Å². The molecule has 0 spiro atoms. The summed E-state index contributed by atoms with van der Waals surface area (Å²) >= 11 is 0. The van der Waals surface area contributed by atoms with Gasteiger partial charge in [0, 0.05) is 6.61 Å². The molecule has 0 aliphatic rings. The van der Waals surface area contributed by atoms with Crippen molar-refractivity contribution < 1.29 is 14.6 Å². The molecule has 0 fully saturated rings. The fourth-order valence-electron chi connectivity index (χ4n) is 0.321. The Balaban J connectivity index is 0. The summed E-state index contributed by atoms with van der Waals surface area (Å²) in [6.07, 6.45) is -0.667. The van der Waals surface area contributed by atoms with Crippen LogP contribution in [-0.4, -0.2) is 23.8 Å². The zero-order valence-electron chi connectivity index (χ0n) is 6.46. The SMILES string of the molecule is C=C.CCOC(C)C(=O)O. The van der Waals surface area contributed by atoms with Crippen molar-refractivity contribution in [2.24, 2.45) is 0 Å². The maximum absolute atomic E-state index is 9.96. The number of hydrogen-bond acceptors (Lipinski definition) is 2. The van der Waals surface area contributed by atoms with E-state index in [1.54, 1.807) is 6.92 Å². The molecule has 1 N–H and O–H groups in total. The van der Waals surface area contributed by atoms with E-state index in [9.17, 15) is 4.79 Å². The largest absolute Gasteiger partial charge is 0.479 e. The fraction of sp³-hybridized carbons (Fsp3) is 0.571. The summed E-state index contributed by atoms with van der Waals surface area (Å²) in [7, 11) is 0. The van der Waals surface area contributed by atoms with Crippen LogP contribution in [0.1, 0.15) is 13.8 Å². The molecule has 0 aliphatic heterocycles. The van der Waals surface area contributed by atoms with Gasteiger partial charge in [-0.15, -0.1) is 13.2 Å². The van der Waals surface area contributed by atoms with Crippen LogP contribution in [0.15, 0.2) is 13.2 Å². The number of carboxylic acid groups (broad SMARTS) is 1. The lowest BCUT2D eigenvalue weighted by atomic mass is 10.4. The molecular formula is C7H14O3. The molecule has 0 radical (unpaired) electrons. The third-order valence-corrected chi connectivity index (χ3v) is 0.764. The molecule has 0 aromatic rings. The first-order valence-electron chi connectivity index (χ1n) is 3.03. The molecule has 60 valence electrons. The number of carboxylic acids is 1. The maximum Gasteiger partial charge on any atom is 0.332 e. The lowest BCUT2D eigenvalue weighted by Gasteiger charge is -2.03. The smallest absolute Gasteiger partial charge is 0.332 e. The second-order valence-corrected chi connectivity index (χ2v) is 1.44. The van der Waals surface area contributed by atoms with Gasteiger partial charge in [-0.05, 0) is 13.8 Å². The number of ether oxygens (including phenoxy) is 1. The van der Waals surface area contributed by atoms with Gasteiger partial charge in [0.15, 0.2) is 6.10 Å². The van der Waals surface area contributed by atoms with Gasteiger partial charge in [-0.3, -0.25) is 0 Å². The van der Waals surface area contributed by atoms with E-state index in [0.717, 1.165) is 0 Å². The summed E-state index contributed by atoms with van der Waals surface area (Å²) in [6, 6.07) is 0. The Morgan fingerprint density at radius 3 is 2.20 bits per heavy atom. The van der Waals surface area contributed by atoms with Crippen LogP contribution in [0.25, 0.3) is 0 Å². The third kappa shape index (κ3) is 7.17. The van der Waals surface area contributed by atoms with Gasteiger partial charge in [0.2, 0.25) is 0 Å².